The molecule has 0 aromatic rings. The highest BCUT2D eigenvalue weighted by Crippen LogP contribution is 2.11. The van der Waals surface area contributed by atoms with Crippen molar-refractivity contribution >= 4 is 17.9 Å². The first-order valence-electron chi connectivity index (χ1n) is 20.3. The quantitative estimate of drug-likeness (QED) is 0.0211. The van der Waals surface area contributed by atoms with E-state index in [1.807, 2.05) is 0 Å². The minimum Gasteiger partial charge on any atom is -0.544 e. The van der Waals surface area contributed by atoms with E-state index in [0.29, 0.717) is 19.3 Å². The highest BCUT2D eigenvalue weighted by Gasteiger charge is 2.25. The number of carboxylic acids is 1. The number of hydrogen-bond acceptors (Lipinski definition) is 7. The van der Waals surface area contributed by atoms with E-state index in [0.717, 1.165) is 57.8 Å². The zero-order chi connectivity index (χ0) is 38.5. The summed E-state index contributed by atoms with van der Waals surface area (Å²) in [5.74, 6) is -1.83. The van der Waals surface area contributed by atoms with Crippen molar-refractivity contribution in [2.24, 2.45) is 0 Å². The number of aliphatic carboxylic acids is 1. The molecule has 0 aromatic carbocycles. The second kappa shape index (κ2) is 35.1. The largest absolute Gasteiger partial charge is 0.544 e. The van der Waals surface area contributed by atoms with Crippen LogP contribution in [0, 0.1) is 0 Å². The highest BCUT2D eigenvalue weighted by atomic mass is 16.6. The summed E-state index contributed by atoms with van der Waals surface area (Å²) in [6.45, 7) is 4.45. The molecule has 0 saturated carbocycles. The smallest absolute Gasteiger partial charge is 0.306 e. The van der Waals surface area contributed by atoms with Crippen LogP contribution in [0.4, 0.5) is 0 Å². The van der Waals surface area contributed by atoms with Crippen molar-refractivity contribution in [1.29, 1.82) is 0 Å². The van der Waals surface area contributed by atoms with Gasteiger partial charge in [0.1, 0.15) is 12.6 Å². The molecule has 52 heavy (non-hydrogen) atoms. The molecule has 2 atom stereocenters. The SMILES string of the molecule is CC/C=C/C/C=C/C/C=C/CCCCC(=O)OCC(COCCC(C(=O)[O-])[N+](C)(C)C)OC(=O)CCCCC/C=C/C=C/CCCCCCCCC. The van der Waals surface area contributed by atoms with Crippen molar-refractivity contribution in [3.05, 3.63) is 60.8 Å². The summed E-state index contributed by atoms with van der Waals surface area (Å²) in [5, 5.41) is 11.6. The van der Waals surface area contributed by atoms with Gasteiger partial charge < -0.3 is 28.6 Å². The van der Waals surface area contributed by atoms with Crippen molar-refractivity contribution in [3.8, 4) is 0 Å². The van der Waals surface area contributed by atoms with E-state index in [-0.39, 0.29) is 49.1 Å². The molecule has 2 unspecified atom stereocenters. The van der Waals surface area contributed by atoms with Gasteiger partial charge in [-0.3, -0.25) is 9.59 Å². The lowest BCUT2D eigenvalue weighted by Gasteiger charge is -2.34. The summed E-state index contributed by atoms with van der Waals surface area (Å²) in [4.78, 5) is 36.7. The standard InChI is InChI=1S/C44H75NO7/c1-6-8-10-12-14-16-18-20-21-22-23-25-27-29-31-33-35-43(47)52-40(38-50-37-36-41(44(48)49)45(3,4)5)39-51-42(46)34-32-30-28-26-24-19-17-15-13-11-9-7-2/h9,11,15,17,21-26,40-41H,6-8,10,12-14,16,18-20,27-39H2,1-5H3/b11-9+,17-15+,22-21+,25-23+,26-24+. The first kappa shape index (κ1) is 49.0. The molecule has 8 nitrogen and oxygen atoms in total. The Hall–Kier alpha value is -2.97. The van der Waals surface area contributed by atoms with Gasteiger partial charge in [-0.25, -0.2) is 0 Å². The van der Waals surface area contributed by atoms with Gasteiger partial charge in [-0.2, -0.15) is 0 Å². The Balaban J connectivity index is 4.50. The summed E-state index contributed by atoms with van der Waals surface area (Å²) in [6.07, 6.45) is 41.1. The molecule has 0 N–H and O–H groups in total. The van der Waals surface area contributed by atoms with Gasteiger partial charge in [0, 0.05) is 19.3 Å². The Morgan fingerprint density at radius 3 is 1.75 bits per heavy atom. The molecule has 0 heterocycles. The Bertz CT molecular complexity index is 1040. The van der Waals surface area contributed by atoms with Crippen LogP contribution in [0.25, 0.3) is 0 Å². The average Bonchev–Trinajstić information content (AvgIpc) is 3.09. The van der Waals surface area contributed by atoms with Crippen LogP contribution in [0.3, 0.4) is 0 Å². The first-order chi connectivity index (χ1) is 25.1. The number of hydrogen-bond donors (Lipinski definition) is 0. The Labute approximate surface area is 318 Å². The van der Waals surface area contributed by atoms with Crippen molar-refractivity contribution < 1.29 is 38.2 Å². The van der Waals surface area contributed by atoms with E-state index >= 15 is 0 Å². The fraction of sp³-hybridized carbons (Fsp3) is 0.705. The van der Waals surface area contributed by atoms with Crippen LogP contribution in [-0.2, 0) is 28.6 Å². The Morgan fingerprint density at radius 2 is 1.13 bits per heavy atom. The van der Waals surface area contributed by atoms with Gasteiger partial charge >= 0.3 is 11.9 Å². The number of rotatable bonds is 35. The number of allylic oxidation sites excluding steroid dienone is 10. The molecule has 0 fully saturated rings. The van der Waals surface area contributed by atoms with E-state index in [4.69, 9.17) is 14.2 Å². The summed E-state index contributed by atoms with van der Waals surface area (Å²) in [7, 11) is 5.37. The summed E-state index contributed by atoms with van der Waals surface area (Å²) >= 11 is 0. The fourth-order valence-corrected chi connectivity index (χ4v) is 5.49. The third kappa shape index (κ3) is 32.9. The molecule has 0 bridgehead atoms. The molecular formula is C44H75NO7. The lowest BCUT2D eigenvalue weighted by atomic mass is 10.1. The van der Waals surface area contributed by atoms with Crippen molar-refractivity contribution in [1.82, 2.24) is 0 Å². The molecular weight excluding hydrogens is 654 g/mol. The van der Waals surface area contributed by atoms with E-state index in [2.05, 4.69) is 74.6 Å². The van der Waals surface area contributed by atoms with Gasteiger partial charge in [0.05, 0.1) is 40.3 Å². The van der Waals surface area contributed by atoms with Gasteiger partial charge in [-0.15, -0.1) is 0 Å². The third-order valence-corrected chi connectivity index (χ3v) is 8.67. The molecule has 0 spiro atoms. The van der Waals surface area contributed by atoms with Gasteiger partial charge in [0.2, 0.25) is 0 Å². The summed E-state index contributed by atoms with van der Waals surface area (Å²) in [5.41, 5.74) is 0. The summed E-state index contributed by atoms with van der Waals surface area (Å²) < 4.78 is 17.0. The van der Waals surface area contributed by atoms with Crippen LogP contribution in [-0.4, -0.2) is 75.5 Å². The van der Waals surface area contributed by atoms with E-state index in [1.165, 1.54) is 44.9 Å². The number of nitrogens with zero attached hydrogens (tertiary/aromatic N) is 1. The van der Waals surface area contributed by atoms with E-state index < -0.39 is 18.1 Å². The van der Waals surface area contributed by atoms with Crippen LogP contribution in [0.1, 0.15) is 149 Å². The number of quaternary nitrogens is 1. The minimum atomic E-state index is -1.14. The van der Waals surface area contributed by atoms with Crippen molar-refractivity contribution in [2.45, 2.75) is 161 Å². The van der Waals surface area contributed by atoms with Crippen LogP contribution >= 0.6 is 0 Å². The molecule has 0 radical (unpaired) electrons. The topological polar surface area (TPSA) is 102 Å². The number of likely N-dealkylation sites (N-methyl/N-ethyl adjacent to an activating group) is 1. The lowest BCUT2D eigenvalue weighted by Crippen LogP contribution is -2.55. The van der Waals surface area contributed by atoms with Crippen molar-refractivity contribution in [2.75, 3.05) is 41.0 Å². The normalized spacial score (nSPS) is 13.6. The average molecular weight is 730 g/mol. The van der Waals surface area contributed by atoms with Gasteiger partial charge in [-0.05, 0) is 70.6 Å². The Kier molecular flexibility index (Phi) is 33.1. The van der Waals surface area contributed by atoms with E-state index in [9.17, 15) is 19.5 Å². The minimum absolute atomic E-state index is 0.0152. The van der Waals surface area contributed by atoms with Crippen LogP contribution in [0.15, 0.2) is 60.8 Å². The molecule has 0 aromatic heterocycles. The molecule has 298 valence electrons. The monoisotopic (exact) mass is 730 g/mol. The second-order valence-electron chi connectivity index (χ2n) is 14.5. The lowest BCUT2D eigenvalue weighted by molar-refractivity contribution is -0.889. The highest BCUT2D eigenvalue weighted by molar-refractivity contribution is 5.70. The second-order valence-corrected chi connectivity index (χ2v) is 14.5. The zero-order valence-electron chi connectivity index (χ0n) is 33.7. The maximum absolute atomic E-state index is 12.7. The molecule has 0 aliphatic rings. The van der Waals surface area contributed by atoms with Gasteiger partial charge in [0.25, 0.3) is 0 Å². The maximum atomic E-state index is 12.7. The first-order valence-corrected chi connectivity index (χ1v) is 20.3. The Morgan fingerprint density at radius 1 is 0.615 bits per heavy atom. The maximum Gasteiger partial charge on any atom is 0.306 e. The number of carbonyl (C=O) groups excluding carboxylic acids is 3. The molecule has 0 aliphatic carbocycles. The number of unbranched alkanes of at least 4 members (excludes halogenated alkanes) is 12. The molecule has 0 saturated heterocycles. The number of esters is 2. The fourth-order valence-electron chi connectivity index (χ4n) is 5.49. The third-order valence-electron chi connectivity index (χ3n) is 8.67. The number of carbonyl (C=O) groups is 3. The molecule has 0 aliphatic heterocycles. The zero-order valence-corrected chi connectivity index (χ0v) is 33.7. The molecule has 8 heteroatoms. The predicted molar refractivity (Wildman–Crippen MR) is 212 cm³/mol. The van der Waals surface area contributed by atoms with Crippen molar-refractivity contribution in [3.63, 3.8) is 0 Å². The van der Waals surface area contributed by atoms with Crippen LogP contribution < -0.4 is 5.11 Å². The van der Waals surface area contributed by atoms with E-state index in [1.54, 1.807) is 21.1 Å². The predicted octanol–water partition coefficient (Wildman–Crippen LogP) is 9.30. The number of carboxylic acid groups (broad SMARTS) is 1. The van der Waals surface area contributed by atoms with Gasteiger partial charge in [-0.1, -0.05) is 120 Å². The molecule has 0 amide bonds. The summed E-state index contributed by atoms with van der Waals surface area (Å²) in [6, 6.07) is -0.737. The molecule has 0 rings (SSSR count). The van der Waals surface area contributed by atoms with Gasteiger partial charge in [0.15, 0.2) is 6.10 Å². The van der Waals surface area contributed by atoms with Crippen LogP contribution in [0.5, 0.6) is 0 Å². The number of ether oxygens (including phenoxy) is 3. The van der Waals surface area contributed by atoms with Crippen LogP contribution in [0.2, 0.25) is 0 Å².